The monoisotopic (exact) mass is 249 g/mol. The quantitative estimate of drug-likeness (QED) is 0.875. The lowest BCUT2D eigenvalue weighted by molar-refractivity contribution is 0.271. The smallest absolute Gasteiger partial charge is 0.115 e. The molecule has 2 aromatic rings. The van der Waals surface area contributed by atoms with Gasteiger partial charge in [0.15, 0.2) is 0 Å². The minimum Gasteiger partial charge on any atom is -0.508 e. The van der Waals surface area contributed by atoms with E-state index < -0.39 is 0 Å². The Bertz CT molecular complexity index is 496. The zero-order valence-corrected chi connectivity index (χ0v) is 10.4. The molecule has 0 fully saturated rings. The molecule has 2 N–H and O–H groups in total. The Hall–Kier alpha value is -1.39. The molecule has 90 valence electrons. The summed E-state index contributed by atoms with van der Waals surface area (Å²) in [5.74, 6) is 0.368. The van der Waals surface area contributed by atoms with E-state index in [-0.39, 0.29) is 18.3 Å². The number of phenols is 1. The van der Waals surface area contributed by atoms with Crippen molar-refractivity contribution in [1.82, 2.24) is 4.98 Å². The molecule has 1 heterocycles. The molecule has 0 spiro atoms. The molecule has 0 aliphatic carbocycles. The van der Waals surface area contributed by atoms with Crippen LogP contribution in [0.2, 0.25) is 0 Å². The predicted molar refractivity (Wildman–Crippen MR) is 68.5 cm³/mol. The van der Waals surface area contributed by atoms with Crippen molar-refractivity contribution in [3.05, 3.63) is 45.9 Å². The van der Waals surface area contributed by atoms with Crippen LogP contribution in [0.1, 0.15) is 29.1 Å². The zero-order chi connectivity index (χ0) is 12.3. The van der Waals surface area contributed by atoms with E-state index in [1.807, 2.05) is 24.4 Å². The van der Waals surface area contributed by atoms with Crippen molar-refractivity contribution in [3.63, 3.8) is 0 Å². The van der Waals surface area contributed by atoms with Crippen LogP contribution in [0.3, 0.4) is 0 Å². The maximum atomic E-state index is 9.37. The molecule has 1 aromatic carbocycles. The molecule has 2 rings (SSSR count). The molecule has 0 radical (unpaired) electrons. The van der Waals surface area contributed by atoms with E-state index >= 15 is 0 Å². The highest BCUT2D eigenvalue weighted by molar-refractivity contribution is 7.09. The maximum Gasteiger partial charge on any atom is 0.115 e. The first-order valence-electron chi connectivity index (χ1n) is 5.52. The van der Waals surface area contributed by atoms with Crippen molar-refractivity contribution in [2.24, 2.45) is 0 Å². The molecule has 0 aliphatic heterocycles. The van der Waals surface area contributed by atoms with E-state index in [4.69, 9.17) is 5.11 Å². The van der Waals surface area contributed by atoms with Crippen LogP contribution in [0, 0.1) is 0 Å². The van der Waals surface area contributed by atoms with Crippen molar-refractivity contribution in [2.45, 2.75) is 19.3 Å². The number of aromatic hydroxyl groups is 1. The third-order valence-corrected chi connectivity index (χ3v) is 3.48. The van der Waals surface area contributed by atoms with Gasteiger partial charge < -0.3 is 10.2 Å². The SMILES string of the molecule is CC(CO)c1csc(Cc2cccc(O)c2)n1. The summed E-state index contributed by atoms with van der Waals surface area (Å²) in [7, 11) is 0. The molecule has 0 aliphatic rings. The largest absolute Gasteiger partial charge is 0.508 e. The molecule has 1 atom stereocenters. The lowest BCUT2D eigenvalue weighted by Crippen LogP contribution is -1.99. The van der Waals surface area contributed by atoms with E-state index in [0.717, 1.165) is 22.7 Å². The van der Waals surface area contributed by atoms with Gasteiger partial charge in [-0.05, 0) is 17.7 Å². The summed E-state index contributed by atoms with van der Waals surface area (Å²) >= 11 is 1.59. The number of benzene rings is 1. The van der Waals surface area contributed by atoms with Crippen LogP contribution >= 0.6 is 11.3 Å². The van der Waals surface area contributed by atoms with Crippen LogP contribution in [-0.4, -0.2) is 21.8 Å². The summed E-state index contributed by atoms with van der Waals surface area (Å²) in [6, 6.07) is 7.20. The molecule has 1 unspecified atom stereocenters. The van der Waals surface area contributed by atoms with Gasteiger partial charge >= 0.3 is 0 Å². The molecular weight excluding hydrogens is 234 g/mol. The summed E-state index contributed by atoms with van der Waals surface area (Å²) in [5.41, 5.74) is 1.98. The summed E-state index contributed by atoms with van der Waals surface area (Å²) in [5, 5.41) is 21.4. The van der Waals surface area contributed by atoms with Crippen molar-refractivity contribution >= 4 is 11.3 Å². The van der Waals surface area contributed by atoms with Gasteiger partial charge in [0.1, 0.15) is 5.75 Å². The summed E-state index contributed by atoms with van der Waals surface area (Å²) in [4.78, 5) is 4.48. The molecule has 0 saturated heterocycles. The fourth-order valence-corrected chi connectivity index (χ4v) is 2.52. The maximum absolute atomic E-state index is 9.37. The predicted octanol–water partition coefficient (Wildman–Crippen LogP) is 2.54. The number of phenolic OH excluding ortho intramolecular Hbond substituents is 1. The number of aliphatic hydroxyl groups is 1. The van der Waals surface area contributed by atoms with E-state index in [9.17, 15) is 5.11 Å². The lowest BCUT2D eigenvalue weighted by Gasteiger charge is -2.02. The van der Waals surface area contributed by atoms with Gasteiger partial charge in [0.05, 0.1) is 17.3 Å². The number of aromatic nitrogens is 1. The van der Waals surface area contributed by atoms with Gasteiger partial charge in [0.25, 0.3) is 0 Å². The Morgan fingerprint density at radius 2 is 2.24 bits per heavy atom. The highest BCUT2D eigenvalue weighted by atomic mass is 32.1. The average Bonchev–Trinajstić information content (AvgIpc) is 2.76. The number of nitrogens with zero attached hydrogens (tertiary/aromatic N) is 1. The third-order valence-electron chi connectivity index (χ3n) is 2.61. The molecule has 0 saturated carbocycles. The van der Waals surface area contributed by atoms with Gasteiger partial charge in [0.2, 0.25) is 0 Å². The van der Waals surface area contributed by atoms with Crippen LogP contribution in [0.25, 0.3) is 0 Å². The minimum atomic E-state index is 0.0872. The van der Waals surface area contributed by atoms with Crippen LogP contribution in [-0.2, 0) is 6.42 Å². The number of aliphatic hydroxyl groups excluding tert-OH is 1. The van der Waals surface area contributed by atoms with Gasteiger partial charge in [0, 0.05) is 17.7 Å². The topological polar surface area (TPSA) is 53.4 Å². The second-order valence-electron chi connectivity index (χ2n) is 4.10. The van der Waals surface area contributed by atoms with E-state index in [1.165, 1.54) is 0 Å². The second kappa shape index (κ2) is 5.29. The fraction of sp³-hybridized carbons (Fsp3) is 0.308. The van der Waals surface area contributed by atoms with E-state index in [0.29, 0.717) is 0 Å². The molecule has 3 nitrogen and oxygen atoms in total. The van der Waals surface area contributed by atoms with Gasteiger partial charge in [-0.2, -0.15) is 0 Å². The number of rotatable bonds is 4. The van der Waals surface area contributed by atoms with Crippen LogP contribution in [0.4, 0.5) is 0 Å². The molecular formula is C13H15NO2S. The summed E-state index contributed by atoms with van der Waals surface area (Å²) in [6.45, 7) is 2.07. The minimum absolute atomic E-state index is 0.0872. The van der Waals surface area contributed by atoms with Gasteiger partial charge in [-0.25, -0.2) is 4.98 Å². The van der Waals surface area contributed by atoms with Crippen molar-refractivity contribution in [1.29, 1.82) is 0 Å². The van der Waals surface area contributed by atoms with Gasteiger partial charge in [-0.15, -0.1) is 11.3 Å². The second-order valence-corrected chi connectivity index (χ2v) is 5.04. The third kappa shape index (κ3) is 3.05. The Balaban J connectivity index is 2.11. The Labute approximate surface area is 104 Å². The number of thiazole rings is 1. The van der Waals surface area contributed by atoms with Crippen molar-refractivity contribution in [3.8, 4) is 5.75 Å². The Morgan fingerprint density at radius 3 is 2.94 bits per heavy atom. The fourth-order valence-electron chi connectivity index (χ4n) is 1.57. The highest BCUT2D eigenvalue weighted by Crippen LogP contribution is 2.21. The first-order valence-corrected chi connectivity index (χ1v) is 6.40. The highest BCUT2D eigenvalue weighted by Gasteiger charge is 2.09. The average molecular weight is 249 g/mol. The first kappa shape index (κ1) is 12.1. The lowest BCUT2D eigenvalue weighted by atomic mass is 10.1. The molecule has 0 amide bonds. The van der Waals surface area contributed by atoms with Gasteiger partial charge in [-0.3, -0.25) is 0 Å². The normalized spacial score (nSPS) is 12.6. The number of hydrogen-bond donors (Lipinski definition) is 2. The van der Waals surface area contributed by atoms with Crippen LogP contribution in [0.15, 0.2) is 29.6 Å². The molecule has 17 heavy (non-hydrogen) atoms. The van der Waals surface area contributed by atoms with E-state index in [2.05, 4.69) is 4.98 Å². The standard InChI is InChI=1S/C13H15NO2S/c1-9(7-15)12-8-17-13(14-12)6-10-3-2-4-11(16)5-10/h2-5,8-9,15-16H,6-7H2,1H3. The Kier molecular flexibility index (Phi) is 3.76. The van der Waals surface area contributed by atoms with Crippen molar-refractivity contribution in [2.75, 3.05) is 6.61 Å². The first-order chi connectivity index (χ1) is 8.19. The van der Waals surface area contributed by atoms with Crippen LogP contribution in [0.5, 0.6) is 5.75 Å². The molecule has 4 heteroatoms. The summed E-state index contributed by atoms with van der Waals surface area (Å²) < 4.78 is 0. The van der Waals surface area contributed by atoms with Crippen LogP contribution < -0.4 is 0 Å². The Morgan fingerprint density at radius 1 is 1.41 bits per heavy atom. The van der Waals surface area contributed by atoms with Gasteiger partial charge in [-0.1, -0.05) is 19.1 Å². The number of hydrogen-bond acceptors (Lipinski definition) is 4. The molecule has 0 bridgehead atoms. The zero-order valence-electron chi connectivity index (χ0n) is 9.63. The van der Waals surface area contributed by atoms with Crippen molar-refractivity contribution < 1.29 is 10.2 Å². The summed E-state index contributed by atoms with van der Waals surface area (Å²) in [6.07, 6.45) is 0.719. The molecule has 1 aromatic heterocycles. The van der Waals surface area contributed by atoms with E-state index in [1.54, 1.807) is 23.5 Å².